The maximum absolute atomic E-state index is 14.3. The highest BCUT2D eigenvalue weighted by Gasteiger charge is 2.50. The summed E-state index contributed by atoms with van der Waals surface area (Å²) >= 11 is 12.7. The topological polar surface area (TPSA) is 121 Å². The number of furan rings is 1. The Balaban J connectivity index is 1.47. The van der Waals surface area contributed by atoms with Crippen LogP contribution in [0.2, 0.25) is 10.0 Å². The Morgan fingerprint density at radius 3 is 2.65 bits per heavy atom. The smallest absolute Gasteiger partial charge is 0.290 e. The number of hydrogen-bond donors (Lipinski definition) is 3. The number of nitrogens with zero attached hydrogens (tertiary/aromatic N) is 1. The van der Waals surface area contributed by atoms with E-state index in [1.165, 1.54) is 12.0 Å². The molecule has 0 unspecified atom stereocenters. The largest absolute Gasteiger partial charge is 0.493 e. The maximum Gasteiger partial charge on any atom is 0.290 e. The van der Waals surface area contributed by atoms with Crippen molar-refractivity contribution in [1.82, 2.24) is 10.2 Å². The molecule has 2 amide bonds. The SMILES string of the molecule is COc1cccc2cc(C(=O)N(Cc3ccc(Cl)cc3Cl)[C@@H]3C=C(C(=O)NCCO)[C@@H]4c5ccccc5O[C@@H]4[C@H]3O)oc12. The lowest BCUT2D eigenvalue weighted by Crippen LogP contribution is -2.55. The number of aliphatic hydroxyl groups excluding tert-OH is 2. The lowest BCUT2D eigenvalue weighted by Gasteiger charge is -2.40. The minimum Gasteiger partial charge on any atom is -0.493 e. The van der Waals surface area contributed by atoms with E-state index in [1.54, 1.807) is 54.6 Å². The molecule has 0 spiro atoms. The van der Waals surface area contributed by atoms with E-state index in [1.807, 2.05) is 18.2 Å². The Hall–Kier alpha value is -4.02. The summed E-state index contributed by atoms with van der Waals surface area (Å²) in [6.07, 6.45) is -0.510. The molecule has 11 heteroatoms. The Labute approximate surface area is 257 Å². The second-order valence-corrected chi connectivity index (χ2v) is 11.2. The fourth-order valence-corrected chi connectivity index (χ4v) is 6.25. The molecule has 0 saturated heterocycles. The Kier molecular flexibility index (Phi) is 8.07. The normalized spacial score (nSPS) is 20.5. The van der Waals surface area contributed by atoms with Crippen LogP contribution in [0.1, 0.15) is 27.6 Å². The van der Waals surface area contributed by atoms with Crippen LogP contribution in [0.5, 0.6) is 11.5 Å². The van der Waals surface area contributed by atoms with E-state index in [-0.39, 0.29) is 25.5 Å². The minimum absolute atomic E-state index is 0.00854. The van der Waals surface area contributed by atoms with E-state index in [0.29, 0.717) is 43.7 Å². The van der Waals surface area contributed by atoms with E-state index in [9.17, 15) is 19.8 Å². The molecule has 2 heterocycles. The molecule has 9 nitrogen and oxygen atoms in total. The van der Waals surface area contributed by atoms with Crippen molar-refractivity contribution in [3.63, 3.8) is 0 Å². The number of para-hydroxylation sites is 2. The molecule has 1 aliphatic heterocycles. The number of halogens is 2. The Morgan fingerprint density at radius 2 is 1.88 bits per heavy atom. The van der Waals surface area contributed by atoms with E-state index < -0.39 is 36.0 Å². The van der Waals surface area contributed by atoms with E-state index >= 15 is 0 Å². The standard InChI is InChI=1S/C32H28Cl2N2O7/c1-41-25-8-4-5-17-13-26(43-29(17)25)32(40)36(16-18-9-10-19(33)14-22(18)34)23-15-21(31(39)35-11-12-37)27-20-6-2-3-7-24(20)42-30(27)28(23)38/h2-10,13-15,23,27-28,30,37-38H,11-12,16H2,1H3,(H,35,39)/t23-,27+,28+,30+/m1/s1. The second-order valence-electron chi connectivity index (χ2n) is 10.3. The first-order chi connectivity index (χ1) is 20.8. The van der Waals surface area contributed by atoms with Crippen molar-refractivity contribution in [2.45, 2.75) is 30.7 Å². The van der Waals surface area contributed by atoms with Crippen molar-refractivity contribution in [3.05, 3.63) is 105 Å². The zero-order valence-electron chi connectivity index (χ0n) is 23.0. The lowest BCUT2D eigenvalue weighted by atomic mass is 9.77. The molecule has 1 aromatic heterocycles. The van der Waals surface area contributed by atoms with Crippen LogP contribution in [-0.2, 0) is 11.3 Å². The monoisotopic (exact) mass is 622 g/mol. The van der Waals surface area contributed by atoms with Crippen LogP contribution in [0.3, 0.4) is 0 Å². The van der Waals surface area contributed by atoms with Gasteiger partial charge in [0.05, 0.1) is 25.7 Å². The van der Waals surface area contributed by atoms with Gasteiger partial charge in [0.25, 0.3) is 5.91 Å². The van der Waals surface area contributed by atoms with E-state index in [2.05, 4.69) is 5.32 Å². The zero-order chi connectivity index (χ0) is 30.2. The van der Waals surface area contributed by atoms with Gasteiger partial charge in [0.2, 0.25) is 5.91 Å². The number of ether oxygens (including phenoxy) is 2. The number of methoxy groups -OCH3 is 1. The van der Waals surface area contributed by atoms with Crippen molar-refractivity contribution in [2.75, 3.05) is 20.3 Å². The number of carbonyl (C=O) groups is 2. The molecular weight excluding hydrogens is 595 g/mol. The van der Waals surface area contributed by atoms with Gasteiger partial charge in [0.1, 0.15) is 18.0 Å². The van der Waals surface area contributed by atoms with Gasteiger partial charge in [-0.3, -0.25) is 9.59 Å². The van der Waals surface area contributed by atoms with E-state index in [4.69, 9.17) is 37.1 Å². The summed E-state index contributed by atoms with van der Waals surface area (Å²) in [5.74, 6) is -0.563. The Morgan fingerprint density at radius 1 is 1.07 bits per heavy atom. The minimum atomic E-state index is -1.24. The van der Waals surface area contributed by atoms with Crippen molar-refractivity contribution in [3.8, 4) is 11.5 Å². The maximum atomic E-state index is 14.3. The number of aliphatic hydroxyl groups is 2. The molecule has 222 valence electrons. The average Bonchev–Trinajstić information content (AvgIpc) is 3.62. The quantitative estimate of drug-likeness (QED) is 0.260. The molecular formula is C32H28Cl2N2O7. The molecule has 1 aliphatic carbocycles. The van der Waals surface area contributed by atoms with Gasteiger partial charge < -0.3 is 34.3 Å². The average molecular weight is 623 g/mol. The molecule has 0 bridgehead atoms. The second kappa shape index (κ2) is 11.9. The van der Waals surface area contributed by atoms with Gasteiger partial charge in [-0.15, -0.1) is 0 Å². The molecule has 0 saturated carbocycles. The molecule has 43 heavy (non-hydrogen) atoms. The number of rotatable bonds is 8. The summed E-state index contributed by atoms with van der Waals surface area (Å²) < 4.78 is 17.6. The summed E-state index contributed by atoms with van der Waals surface area (Å²) in [6.45, 7) is -0.258. The third-order valence-electron chi connectivity index (χ3n) is 7.79. The summed E-state index contributed by atoms with van der Waals surface area (Å²) in [4.78, 5) is 29.2. The third-order valence-corrected chi connectivity index (χ3v) is 8.38. The number of nitrogens with one attached hydrogen (secondary N) is 1. The molecule has 6 rings (SSSR count). The first-order valence-corrected chi connectivity index (χ1v) is 14.4. The van der Waals surface area contributed by atoms with Gasteiger partial charge in [0, 0.05) is 39.7 Å². The van der Waals surface area contributed by atoms with Gasteiger partial charge in [-0.1, -0.05) is 59.6 Å². The van der Waals surface area contributed by atoms with Crippen molar-refractivity contribution < 1.29 is 33.7 Å². The van der Waals surface area contributed by atoms with E-state index in [0.717, 1.165) is 5.56 Å². The van der Waals surface area contributed by atoms with Gasteiger partial charge in [0.15, 0.2) is 17.1 Å². The van der Waals surface area contributed by atoms with Crippen LogP contribution in [0.25, 0.3) is 11.0 Å². The molecule has 3 N–H and O–H groups in total. The summed E-state index contributed by atoms with van der Waals surface area (Å²) in [5.41, 5.74) is 2.03. The first kappa shape index (κ1) is 29.1. The van der Waals surface area contributed by atoms with Gasteiger partial charge in [-0.2, -0.15) is 0 Å². The molecule has 4 aromatic rings. The summed E-state index contributed by atoms with van der Waals surface area (Å²) in [7, 11) is 1.51. The zero-order valence-corrected chi connectivity index (χ0v) is 24.5. The number of amides is 2. The number of fused-ring (bicyclic) bond motifs is 4. The van der Waals surface area contributed by atoms with Crippen molar-refractivity contribution >= 4 is 46.0 Å². The van der Waals surface area contributed by atoms with Crippen molar-refractivity contribution in [2.24, 2.45) is 0 Å². The fraction of sp³-hybridized carbons (Fsp3) is 0.250. The van der Waals surface area contributed by atoms with Crippen LogP contribution >= 0.6 is 23.2 Å². The highest BCUT2D eigenvalue weighted by Crippen LogP contribution is 2.47. The summed E-state index contributed by atoms with van der Waals surface area (Å²) in [5, 5.41) is 25.3. The number of benzene rings is 3. The van der Waals surface area contributed by atoms with Crippen LogP contribution in [0.15, 0.2) is 82.8 Å². The predicted octanol–water partition coefficient (Wildman–Crippen LogP) is 4.71. The molecule has 2 aliphatic rings. The van der Waals surface area contributed by atoms with Gasteiger partial charge in [-0.25, -0.2) is 0 Å². The third kappa shape index (κ3) is 5.34. The van der Waals surface area contributed by atoms with Crippen LogP contribution in [0, 0.1) is 0 Å². The van der Waals surface area contributed by atoms with Crippen LogP contribution < -0.4 is 14.8 Å². The Bertz CT molecular complexity index is 1740. The van der Waals surface area contributed by atoms with Gasteiger partial charge >= 0.3 is 0 Å². The first-order valence-electron chi connectivity index (χ1n) is 13.7. The lowest BCUT2D eigenvalue weighted by molar-refractivity contribution is -0.118. The molecule has 0 fully saturated rings. The molecule has 0 radical (unpaired) electrons. The van der Waals surface area contributed by atoms with Crippen LogP contribution in [-0.4, -0.2) is 65.4 Å². The fourth-order valence-electron chi connectivity index (χ4n) is 5.78. The van der Waals surface area contributed by atoms with Gasteiger partial charge in [-0.05, 0) is 42.0 Å². The number of carbonyl (C=O) groups excluding carboxylic acids is 2. The highest BCUT2D eigenvalue weighted by atomic mass is 35.5. The summed E-state index contributed by atoms with van der Waals surface area (Å²) in [6, 6.07) is 18.1. The number of hydrogen-bond acceptors (Lipinski definition) is 7. The molecule has 3 aromatic carbocycles. The van der Waals surface area contributed by atoms with Crippen LogP contribution in [0.4, 0.5) is 0 Å². The molecule has 4 atom stereocenters. The van der Waals surface area contributed by atoms with Crippen molar-refractivity contribution in [1.29, 1.82) is 0 Å². The predicted molar refractivity (Wildman–Crippen MR) is 161 cm³/mol. The highest BCUT2D eigenvalue weighted by molar-refractivity contribution is 6.35.